The second kappa shape index (κ2) is 15.0. The first kappa shape index (κ1) is 33.4. The first-order valence-electron chi connectivity index (χ1n) is 14.2. The highest BCUT2D eigenvalue weighted by Gasteiger charge is 2.30. The van der Waals surface area contributed by atoms with Crippen molar-refractivity contribution in [3.05, 3.63) is 117 Å². The maximum Gasteiger partial charge on any atom is 0.416 e. The Bertz CT molecular complexity index is 1670. The van der Waals surface area contributed by atoms with Crippen LogP contribution in [0.25, 0.3) is 11.1 Å². The summed E-state index contributed by atoms with van der Waals surface area (Å²) in [5, 5.41) is 0.211. The third kappa shape index (κ3) is 9.04. The number of hydrogen-bond acceptors (Lipinski definition) is 6. The number of amides is 1. The topological polar surface area (TPSA) is 81.5 Å². The van der Waals surface area contributed by atoms with E-state index in [4.69, 9.17) is 4.74 Å². The Morgan fingerprint density at radius 2 is 1.51 bits per heavy atom. The molecular weight excluding hydrogens is 610 g/mol. The molecule has 1 aromatic heterocycles. The number of hydrogen-bond donors (Lipinski definition) is 0. The van der Waals surface area contributed by atoms with Crippen molar-refractivity contribution in [2.75, 3.05) is 13.2 Å². The highest BCUT2D eigenvalue weighted by molar-refractivity contribution is 7.98. The van der Waals surface area contributed by atoms with Crippen LogP contribution >= 0.6 is 11.8 Å². The molecule has 236 valence electrons. The van der Waals surface area contributed by atoms with Gasteiger partial charge in [-0.15, -0.1) is 0 Å². The number of carbonyl (C=O) groups is 2. The van der Waals surface area contributed by atoms with Crippen LogP contribution in [0.1, 0.15) is 47.3 Å². The van der Waals surface area contributed by atoms with E-state index in [1.54, 1.807) is 36.1 Å². The van der Waals surface area contributed by atoms with Gasteiger partial charge in [-0.25, -0.2) is 9.18 Å². The lowest BCUT2D eigenvalue weighted by Gasteiger charge is -2.24. The quantitative estimate of drug-likeness (QED) is 0.0719. The fourth-order valence-electron chi connectivity index (χ4n) is 4.47. The Kier molecular flexibility index (Phi) is 11.2. The summed E-state index contributed by atoms with van der Waals surface area (Å²) in [6.45, 7) is 4.07. The molecule has 3 aromatic carbocycles. The molecule has 45 heavy (non-hydrogen) atoms. The number of halogens is 4. The summed E-state index contributed by atoms with van der Waals surface area (Å²) in [5.41, 5.74) is 1.15. The second-order valence-electron chi connectivity index (χ2n) is 10.1. The van der Waals surface area contributed by atoms with Gasteiger partial charge >= 0.3 is 12.1 Å². The summed E-state index contributed by atoms with van der Waals surface area (Å²) in [7, 11) is 0. The molecule has 1 amide bonds. The van der Waals surface area contributed by atoms with Crippen molar-refractivity contribution in [3.63, 3.8) is 0 Å². The Labute approximate surface area is 261 Å². The van der Waals surface area contributed by atoms with Gasteiger partial charge in [-0.3, -0.25) is 9.59 Å². The molecule has 0 N–H and O–H groups in total. The molecule has 0 aliphatic rings. The number of alkyl halides is 3. The predicted octanol–water partition coefficient (Wildman–Crippen LogP) is 6.98. The maximum absolute atomic E-state index is 13.6. The van der Waals surface area contributed by atoms with Crippen LogP contribution in [0.3, 0.4) is 0 Å². The van der Waals surface area contributed by atoms with Gasteiger partial charge in [0.2, 0.25) is 5.91 Å². The summed E-state index contributed by atoms with van der Waals surface area (Å²) >= 11 is 1.17. The Morgan fingerprint density at radius 3 is 2.09 bits per heavy atom. The number of carbonyl (C=O) groups excluding carboxylic acids is 2. The van der Waals surface area contributed by atoms with Crippen LogP contribution in [0, 0.1) is 5.82 Å². The maximum atomic E-state index is 13.6. The van der Waals surface area contributed by atoms with E-state index in [0.29, 0.717) is 24.3 Å². The predicted molar refractivity (Wildman–Crippen MR) is 163 cm³/mol. The van der Waals surface area contributed by atoms with E-state index in [0.717, 1.165) is 28.8 Å². The number of ether oxygens (including phenoxy) is 1. The van der Waals surface area contributed by atoms with Gasteiger partial charge in [0.05, 0.1) is 12.2 Å². The summed E-state index contributed by atoms with van der Waals surface area (Å²) in [6.07, 6.45) is -2.47. The van der Waals surface area contributed by atoms with Gasteiger partial charge in [0.15, 0.2) is 5.16 Å². The third-order valence-electron chi connectivity index (χ3n) is 6.76. The first-order chi connectivity index (χ1) is 21.5. The Hall–Kier alpha value is -4.45. The van der Waals surface area contributed by atoms with Crippen molar-refractivity contribution in [1.82, 2.24) is 14.5 Å². The van der Waals surface area contributed by atoms with Gasteiger partial charge in [0.1, 0.15) is 17.9 Å². The minimum Gasteiger partial charge on any atom is -0.462 e. The highest BCUT2D eigenvalue weighted by Crippen LogP contribution is 2.31. The molecule has 0 aliphatic carbocycles. The molecule has 0 radical (unpaired) electrons. The summed E-state index contributed by atoms with van der Waals surface area (Å²) < 4.78 is 58.6. The molecule has 0 unspecified atom stereocenters. The fourth-order valence-corrected chi connectivity index (χ4v) is 5.38. The van der Waals surface area contributed by atoms with Crippen LogP contribution in [0.4, 0.5) is 17.6 Å². The number of aromatic nitrogens is 2. The molecule has 0 aliphatic heterocycles. The minimum absolute atomic E-state index is 0.0558. The van der Waals surface area contributed by atoms with Crippen LogP contribution in [-0.4, -0.2) is 39.5 Å². The molecule has 0 atom stereocenters. The average Bonchev–Trinajstić information content (AvgIpc) is 3.01. The molecule has 0 spiro atoms. The summed E-state index contributed by atoms with van der Waals surface area (Å²) in [5.74, 6) is -1.17. The van der Waals surface area contributed by atoms with E-state index in [-0.39, 0.29) is 42.1 Å². The van der Waals surface area contributed by atoms with Crippen molar-refractivity contribution in [3.8, 4) is 11.1 Å². The lowest BCUT2D eigenvalue weighted by molar-refractivity contribution is -0.137. The fraction of sp³-hybridized carbons (Fsp3) is 0.273. The summed E-state index contributed by atoms with van der Waals surface area (Å²) in [6, 6.07) is 18.0. The van der Waals surface area contributed by atoms with Gasteiger partial charge < -0.3 is 14.2 Å². The summed E-state index contributed by atoms with van der Waals surface area (Å²) in [4.78, 5) is 44.4. The van der Waals surface area contributed by atoms with Crippen molar-refractivity contribution >= 4 is 23.6 Å². The lowest BCUT2D eigenvalue weighted by Crippen LogP contribution is -2.35. The molecule has 12 heteroatoms. The molecule has 0 bridgehead atoms. The van der Waals surface area contributed by atoms with E-state index >= 15 is 0 Å². The Morgan fingerprint density at radius 1 is 0.911 bits per heavy atom. The van der Waals surface area contributed by atoms with Crippen LogP contribution in [0.15, 0.2) is 88.9 Å². The van der Waals surface area contributed by atoms with E-state index in [9.17, 15) is 31.9 Å². The monoisotopic (exact) mass is 641 g/mol. The second-order valence-corrected chi connectivity index (χ2v) is 11.0. The SMILES string of the molecule is CCCN(Cc1ccc(-c2ccc(C(F)(F)F)cc2)cc1)C(=O)Cn1cc(C(=O)OCC)c(=O)nc1SCc1ccc(F)cc1. The van der Waals surface area contributed by atoms with Crippen molar-refractivity contribution in [2.24, 2.45) is 0 Å². The highest BCUT2D eigenvalue weighted by atomic mass is 32.2. The van der Waals surface area contributed by atoms with Crippen molar-refractivity contribution in [2.45, 2.75) is 50.4 Å². The van der Waals surface area contributed by atoms with Crippen LogP contribution in [-0.2, 0) is 34.6 Å². The van der Waals surface area contributed by atoms with Crippen molar-refractivity contribution in [1.29, 1.82) is 0 Å². The van der Waals surface area contributed by atoms with Gasteiger partial charge in [-0.05, 0) is 59.9 Å². The van der Waals surface area contributed by atoms with E-state index in [1.807, 2.05) is 19.1 Å². The standard InChI is InChI=1S/C33H31F4N3O4S/c1-3-17-39(18-22-5-9-24(10-6-22)25-11-13-26(14-12-25)33(35,36)37)29(41)20-40-19-28(31(43)44-4-2)30(42)38-32(40)45-21-23-7-15-27(34)16-8-23/h5-16,19H,3-4,17-18,20-21H2,1-2H3. The molecule has 0 saturated carbocycles. The van der Waals surface area contributed by atoms with Crippen LogP contribution < -0.4 is 5.56 Å². The molecule has 7 nitrogen and oxygen atoms in total. The van der Waals surface area contributed by atoms with Crippen molar-refractivity contribution < 1.29 is 31.9 Å². The largest absolute Gasteiger partial charge is 0.462 e. The smallest absolute Gasteiger partial charge is 0.416 e. The van der Waals surface area contributed by atoms with Gasteiger partial charge in [0.25, 0.3) is 5.56 Å². The molecule has 4 aromatic rings. The number of rotatable bonds is 12. The Balaban J connectivity index is 1.54. The lowest BCUT2D eigenvalue weighted by atomic mass is 10.0. The van der Waals surface area contributed by atoms with E-state index in [2.05, 4.69) is 4.98 Å². The third-order valence-corrected chi connectivity index (χ3v) is 7.82. The molecule has 0 saturated heterocycles. The minimum atomic E-state index is -4.41. The zero-order chi connectivity index (χ0) is 32.6. The average molecular weight is 642 g/mol. The van der Waals surface area contributed by atoms with Crippen LogP contribution in [0.2, 0.25) is 0 Å². The number of benzene rings is 3. The molecule has 0 fully saturated rings. The zero-order valence-electron chi connectivity index (χ0n) is 24.6. The van der Waals surface area contributed by atoms with Crippen LogP contribution in [0.5, 0.6) is 0 Å². The van der Waals surface area contributed by atoms with Gasteiger partial charge in [-0.1, -0.05) is 67.2 Å². The normalized spacial score (nSPS) is 11.3. The van der Waals surface area contributed by atoms with Gasteiger partial charge in [0, 0.05) is 25.0 Å². The molecular formula is C33H31F4N3O4S. The number of thioether (sulfide) groups is 1. The zero-order valence-corrected chi connectivity index (χ0v) is 25.5. The van der Waals surface area contributed by atoms with Gasteiger partial charge in [-0.2, -0.15) is 18.2 Å². The van der Waals surface area contributed by atoms with E-state index < -0.39 is 23.3 Å². The number of esters is 1. The van der Waals surface area contributed by atoms with E-state index in [1.165, 1.54) is 46.8 Å². The first-order valence-corrected chi connectivity index (χ1v) is 15.2. The number of nitrogens with zero attached hydrogens (tertiary/aromatic N) is 3. The molecule has 4 rings (SSSR count). The molecule has 1 heterocycles.